The molecule has 126 valence electrons. The molecule has 1 aromatic carbocycles. The van der Waals surface area contributed by atoms with Crippen LogP contribution in [0.5, 0.6) is 0 Å². The maximum Gasteiger partial charge on any atom is 0.321 e. The van der Waals surface area contributed by atoms with Crippen LogP contribution in [0.3, 0.4) is 0 Å². The van der Waals surface area contributed by atoms with Crippen LogP contribution in [-0.2, 0) is 4.79 Å². The van der Waals surface area contributed by atoms with Gasteiger partial charge in [0.15, 0.2) is 11.6 Å². The summed E-state index contributed by atoms with van der Waals surface area (Å²) in [6.07, 6.45) is 0.610. The Morgan fingerprint density at radius 3 is 2.75 bits per heavy atom. The van der Waals surface area contributed by atoms with Gasteiger partial charge >= 0.3 is 6.03 Å². The van der Waals surface area contributed by atoms with E-state index in [4.69, 9.17) is 4.52 Å². The summed E-state index contributed by atoms with van der Waals surface area (Å²) in [4.78, 5) is 26.0. The highest BCUT2D eigenvalue weighted by atomic mass is 16.5. The van der Waals surface area contributed by atoms with Crippen molar-refractivity contribution < 1.29 is 14.1 Å². The number of nitrogens with zero attached hydrogens (tertiary/aromatic N) is 2. The lowest BCUT2D eigenvalue weighted by molar-refractivity contribution is -0.130. The van der Waals surface area contributed by atoms with Gasteiger partial charge in [0.05, 0.1) is 0 Å². The van der Waals surface area contributed by atoms with Crippen molar-refractivity contribution in [3.05, 3.63) is 36.4 Å². The van der Waals surface area contributed by atoms with E-state index in [-0.39, 0.29) is 11.9 Å². The van der Waals surface area contributed by atoms with E-state index >= 15 is 0 Å². The minimum atomic E-state index is -0.493. The molecule has 0 saturated carbocycles. The van der Waals surface area contributed by atoms with Crippen LogP contribution in [0.4, 0.5) is 10.6 Å². The van der Waals surface area contributed by atoms with Gasteiger partial charge in [0.25, 0.3) is 0 Å². The molecular weight excluding hydrogens is 308 g/mol. The molecule has 7 nitrogen and oxygen atoms in total. The zero-order valence-electron chi connectivity index (χ0n) is 13.7. The Morgan fingerprint density at radius 2 is 2.08 bits per heavy atom. The van der Waals surface area contributed by atoms with E-state index in [0.29, 0.717) is 24.5 Å². The number of anilines is 1. The molecule has 2 heterocycles. The van der Waals surface area contributed by atoms with Crippen LogP contribution in [0.15, 0.2) is 40.9 Å². The molecule has 1 aliphatic heterocycles. The summed E-state index contributed by atoms with van der Waals surface area (Å²) in [5.41, 5.74) is 0.872. The average molecular weight is 328 g/mol. The van der Waals surface area contributed by atoms with E-state index < -0.39 is 12.1 Å². The number of urea groups is 1. The number of hydrogen-bond acceptors (Lipinski definition) is 4. The first-order valence-electron chi connectivity index (χ1n) is 7.94. The third kappa shape index (κ3) is 3.40. The first-order valence-corrected chi connectivity index (χ1v) is 7.94. The highest BCUT2D eigenvalue weighted by molar-refractivity contribution is 5.94. The van der Waals surface area contributed by atoms with Crippen LogP contribution < -0.4 is 10.6 Å². The molecule has 2 aromatic rings. The zero-order valence-corrected chi connectivity index (χ0v) is 13.7. The van der Waals surface area contributed by atoms with Crippen molar-refractivity contribution in [2.45, 2.75) is 32.4 Å². The molecule has 1 atom stereocenters. The number of rotatable bonds is 4. The van der Waals surface area contributed by atoms with Crippen LogP contribution in [0, 0.1) is 0 Å². The molecule has 2 N–H and O–H groups in total. The second-order valence-corrected chi connectivity index (χ2v) is 6.01. The van der Waals surface area contributed by atoms with Crippen LogP contribution in [-0.4, -0.2) is 40.6 Å². The molecule has 24 heavy (non-hydrogen) atoms. The van der Waals surface area contributed by atoms with E-state index in [2.05, 4.69) is 15.8 Å². The van der Waals surface area contributed by atoms with Crippen molar-refractivity contribution in [3.8, 4) is 11.3 Å². The first kappa shape index (κ1) is 16.0. The Morgan fingerprint density at radius 1 is 1.33 bits per heavy atom. The molecule has 1 saturated heterocycles. The molecule has 0 spiro atoms. The molecule has 0 aliphatic carbocycles. The summed E-state index contributed by atoms with van der Waals surface area (Å²) >= 11 is 0. The third-order valence-corrected chi connectivity index (χ3v) is 3.98. The number of likely N-dealkylation sites (tertiary alicyclic amines) is 1. The Bertz CT molecular complexity index is 726. The molecule has 3 amide bonds. The molecule has 1 aromatic heterocycles. The Labute approximate surface area is 140 Å². The Kier molecular flexibility index (Phi) is 4.50. The van der Waals surface area contributed by atoms with Crippen molar-refractivity contribution in [1.82, 2.24) is 15.4 Å². The summed E-state index contributed by atoms with van der Waals surface area (Å²) in [6.45, 7) is 4.57. The summed E-state index contributed by atoms with van der Waals surface area (Å²) in [7, 11) is 0. The molecule has 3 rings (SSSR count). The maximum atomic E-state index is 12.2. The van der Waals surface area contributed by atoms with Gasteiger partial charge in [-0.05, 0) is 20.3 Å². The normalized spacial score (nSPS) is 17.4. The van der Waals surface area contributed by atoms with Gasteiger partial charge in [-0.2, -0.15) is 0 Å². The molecule has 1 fully saturated rings. The van der Waals surface area contributed by atoms with Gasteiger partial charge in [0.1, 0.15) is 6.04 Å². The lowest BCUT2D eigenvalue weighted by Gasteiger charge is -2.21. The predicted octanol–water partition coefficient (Wildman–Crippen LogP) is 2.47. The molecule has 0 radical (unpaired) electrons. The summed E-state index contributed by atoms with van der Waals surface area (Å²) < 4.78 is 5.22. The first-order chi connectivity index (χ1) is 11.5. The average Bonchev–Trinajstić information content (AvgIpc) is 3.16. The monoisotopic (exact) mass is 328 g/mol. The van der Waals surface area contributed by atoms with Crippen LogP contribution in [0.1, 0.15) is 20.3 Å². The number of benzene rings is 1. The number of carbonyl (C=O) groups is 2. The van der Waals surface area contributed by atoms with Gasteiger partial charge in [-0.1, -0.05) is 35.5 Å². The second kappa shape index (κ2) is 6.74. The minimum absolute atomic E-state index is 0.0507. The van der Waals surface area contributed by atoms with Crippen molar-refractivity contribution >= 4 is 17.8 Å². The third-order valence-electron chi connectivity index (χ3n) is 3.98. The lowest BCUT2D eigenvalue weighted by atomic mass is 10.2. The van der Waals surface area contributed by atoms with Crippen molar-refractivity contribution in [1.29, 1.82) is 0 Å². The van der Waals surface area contributed by atoms with Gasteiger partial charge in [0.2, 0.25) is 5.91 Å². The highest BCUT2D eigenvalue weighted by Crippen LogP contribution is 2.22. The van der Waals surface area contributed by atoms with Crippen molar-refractivity contribution in [2.24, 2.45) is 0 Å². The molecule has 1 aliphatic rings. The number of hydrogen-bond donors (Lipinski definition) is 2. The fraction of sp³-hybridized carbons (Fsp3) is 0.353. The quantitative estimate of drug-likeness (QED) is 0.902. The fourth-order valence-electron chi connectivity index (χ4n) is 2.73. The SMILES string of the molecule is CC(C)N1CCC(NC(=O)Nc2cc(-c3ccccc3)on2)C1=O. The number of amides is 3. The molecular formula is C17H20N4O3. The van der Waals surface area contributed by atoms with E-state index in [1.54, 1.807) is 11.0 Å². The zero-order chi connectivity index (χ0) is 17.1. The molecule has 1 unspecified atom stereocenters. The van der Waals surface area contributed by atoms with Gasteiger partial charge < -0.3 is 14.7 Å². The Hall–Kier alpha value is -2.83. The lowest BCUT2D eigenvalue weighted by Crippen LogP contribution is -2.44. The highest BCUT2D eigenvalue weighted by Gasteiger charge is 2.34. The fourth-order valence-corrected chi connectivity index (χ4v) is 2.73. The maximum absolute atomic E-state index is 12.2. The predicted molar refractivity (Wildman–Crippen MR) is 89.3 cm³/mol. The van der Waals surface area contributed by atoms with Crippen molar-refractivity contribution in [3.63, 3.8) is 0 Å². The number of nitrogens with one attached hydrogen (secondary N) is 2. The second-order valence-electron chi connectivity index (χ2n) is 6.01. The summed E-state index contributed by atoms with van der Waals surface area (Å²) in [5, 5.41) is 9.11. The molecule has 7 heteroatoms. The Balaban J connectivity index is 1.58. The van der Waals surface area contributed by atoms with Crippen LogP contribution >= 0.6 is 0 Å². The van der Waals surface area contributed by atoms with Crippen LogP contribution in [0.25, 0.3) is 11.3 Å². The smallest absolute Gasteiger partial charge is 0.321 e. The van der Waals surface area contributed by atoms with Gasteiger partial charge in [-0.15, -0.1) is 0 Å². The van der Waals surface area contributed by atoms with E-state index in [0.717, 1.165) is 5.56 Å². The topological polar surface area (TPSA) is 87.5 Å². The van der Waals surface area contributed by atoms with E-state index in [1.165, 1.54) is 0 Å². The van der Waals surface area contributed by atoms with Crippen LogP contribution in [0.2, 0.25) is 0 Å². The summed E-state index contributed by atoms with van der Waals surface area (Å²) in [5.74, 6) is 0.816. The standard InChI is InChI=1S/C17H20N4O3/c1-11(2)21-9-8-13(16(21)22)18-17(23)19-15-10-14(24-20-15)12-6-4-3-5-7-12/h3-7,10-11,13H,8-9H2,1-2H3,(H2,18,19,20,23). The largest absolute Gasteiger partial charge is 0.354 e. The van der Waals surface area contributed by atoms with Gasteiger partial charge in [-0.25, -0.2) is 4.79 Å². The number of carbonyl (C=O) groups excluding carboxylic acids is 2. The van der Waals surface area contributed by atoms with Gasteiger partial charge in [-0.3, -0.25) is 10.1 Å². The van der Waals surface area contributed by atoms with Gasteiger partial charge in [0, 0.05) is 24.2 Å². The van der Waals surface area contributed by atoms with Crippen molar-refractivity contribution in [2.75, 3.05) is 11.9 Å². The number of aromatic nitrogens is 1. The van der Waals surface area contributed by atoms with E-state index in [9.17, 15) is 9.59 Å². The molecule has 0 bridgehead atoms. The summed E-state index contributed by atoms with van der Waals surface area (Å²) in [6, 6.07) is 10.3. The van der Waals surface area contributed by atoms with E-state index in [1.807, 2.05) is 44.2 Å². The minimum Gasteiger partial charge on any atom is -0.354 e.